The summed E-state index contributed by atoms with van der Waals surface area (Å²) in [5, 5.41) is 11.2. The number of hydrogen-bond donors (Lipinski definition) is 2. The molecular formula is C13H22N2O5. The highest BCUT2D eigenvalue weighted by atomic mass is 16.6. The Bertz CT molecular complexity index is 383. The van der Waals surface area contributed by atoms with E-state index in [2.05, 4.69) is 5.32 Å². The lowest BCUT2D eigenvalue weighted by atomic mass is 10.2. The van der Waals surface area contributed by atoms with Gasteiger partial charge in [0, 0.05) is 13.1 Å². The molecule has 1 aliphatic rings. The van der Waals surface area contributed by atoms with Gasteiger partial charge in [0.25, 0.3) is 0 Å². The minimum Gasteiger partial charge on any atom is -0.481 e. The maximum Gasteiger partial charge on any atom is 0.408 e. The zero-order valence-corrected chi connectivity index (χ0v) is 12.1. The molecule has 0 unspecified atom stereocenters. The average molecular weight is 286 g/mol. The van der Waals surface area contributed by atoms with Crippen molar-refractivity contribution in [2.24, 2.45) is 0 Å². The molecule has 1 saturated heterocycles. The van der Waals surface area contributed by atoms with E-state index >= 15 is 0 Å². The molecule has 1 atom stereocenters. The third kappa shape index (κ3) is 5.46. The first-order chi connectivity index (χ1) is 9.19. The first-order valence-electron chi connectivity index (χ1n) is 6.69. The van der Waals surface area contributed by atoms with Crippen molar-refractivity contribution < 1.29 is 24.2 Å². The number of rotatable bonds is 4. The quantitative estimate of drug-likeness (QED) is 0.803. The minimum atomic E-state index is -1.14. The molecule has 2 amide bonds. The summed E-state index contributed by atoms with van der Waals surface area (Å²) in [6, 6.07) is -1.08. The van der Waals surface area contributed by atoms with Gasteiger partial charge < -0.3 is 20.1 Å². The number of carboxylic acids is 1. The van der Waals surface area contributed by atoms with Crippen LogP contribution in [0.5, 0.6) is 0 Å². The highest BCUT2D eigenvalue weighted by molar-refractivity contribution is 5.89. The third-order valence-electron chi connectivity index (χ3n) is 2.79. The van der Waals surface area contributed by atoms with Gasteiger partial charge in [0.15, 0.2) is 0 Å². The van der Waals surface area contributed by atoms with E-state index in [1.165, 1.54) is 0 Å². The summed E-state index contributed by atoms with van der Waals surface area (Å²) in [4.78, 5) is 36.3. The zero-order valence-electron chi connectivity index (χ0n) is 12.1. The summed E-state index contributed by atoms with van der Waals surface area (Å²) in [6.45, 7) is 6.29. The molecule has 7 heteroatoms. The Morgan fingerprint density at radius 2 is 1.80 bits per heavy atom. The summed E-state index contributed by atoms with van der Waals surface area (Å²) in [5.41, 5.74) is -0.700. The van der Waals surface area contributed by atoms with Crippen molar-refractivity contribution >= 4 is 18.0 Å². The van der Waals surface area contributed by atoms with Crippen LogP contribution in [0.1, 0.15) is 40.0 Å². The number of carboxylic acid groups (broad SMARTS) is 1. The molecule has 0 aromatic heterocycles. The van der Waals surface area contributed by atoms with Gasteiger partial charge in [-0.25, -0.2) is 4.79 Å². The standard InChI is InChI=1S/C13H22N2O5/c1-13(2,3)20-12(19)14-9(8-10(16)17)11(18)15-6-4-5-7-15/h9H,4-8H2,1-3H3,(H,14,19)(H,16,17)/t9-/m0/s1. The summed E-state index contributed by atoms with van der Waals surface area (Å²) in [5.74, 6) is -1.51. The van der Waals surface area contributed by atoms with E-state index in [1.807, 2.05) is 0 Å². The first-order valence-corrected chi connectivity index (χ1v) is 6.69. The Morgan fingerprint density at radius 1 is 1.25 bits per heavy atom. The second-order valence-electron chi connectivity index (χ2n) is 5.83. The SMILES string of the molecule is CC(C)(C)OC(=O)N[C@@H](CC(=O)O)C(=O)N1CCCC1. The predicted octanol–water partition coefficient (Wildman–Crippen LogP) is 0.977. The lowest BCUT2D eigenvalue weighted by molar-refractivity contribution is -0.142. The van der Waals surface area contributed by atoms with Gasteiger partial charge in [0.2, 0.25) is 5.91 Å². The molecule has 0 spiro atoms. The van der Waals surface area contributed by atoms with Gasteiger partial charge in [-0.05, 0) is 33.6 Å². The highest BCUT2D eigenvalue weighted by Crippen LogP contribution is 2.12. The van der Waals surface area contributed by atoms with Crippen molar-refractivity contribution in [3.63, 3.8) is 0 Å². The lowest BCUT2D eigenvalue weighted by Crippen LogP contribution is -2.49. The number of hydrogen-bond acceptors (Lipinski definition) is 4. The molecule has 2 N–H and O–H groups in total. The van der Waals surface area contributed by atoms with Crippen molar-refractivity contribution in [1.29, 1.82) is 0 Å². The van der Waals surface area contributed by atoms with E-state index in [0.717, 1.165) is 12.8 Å². The predicted molar refractivity (Wildman–Crippen MR) is 71.2 cm³/mol. The number of alkyl carbamates (subject to hydrolysis) is 1. The Kier molecular flexibility index (Phi) is 5.35. The largest absolute Gasteiger partial charge is 0.481 e. The third-order valence-corrected chi connectivity index (χ3v) is 2.79. The van der Waals surface area contributed by atoms with Crippen LogP contribution in [0.4, 0.5) is 4.79 Å². The van der Waals surface area contributed by atoms with Crippen LogP contribution in [0.3, 0.4) is 0 Å². The minimum absolute atomic E-state index is 0.365. The maximum absolute atomic E-state index is 12.2. The number of nitrogens with one attached hydrogen (secondary N) is 1. The summed E-state index contributed by atoms with van der Waals surface area (Å²) in [7, 11) is 0. The lowest BCUT2D eigenvalue weighted by Gasteiger charge is -2.25. The number of amides is 2. The van der Waals surface area contributed by atoms with Crippen molar-refractivity contribution in [3.05, 3.63) is 0 Å². The van der Waals surface area contributed by atoms with Gasteiger partial charge in [-0.15, -0.1) is 0 Å². The van der Waals surface area contributed by atoms with Crippen LogP contribution in [-0.2, 0) is 14.3 Å². The highest BCUT2D eigenvalue weighted by Gasteiger charge is 2.31. The molecule has 0 aromatic carbocycles. The van der Waals surface area contributed by atoms with Crippen molar-refractivity contribution in [3.8, 4) is 0 Å². The topological polar surface area (TPSA) is 95.9 Å². The van der Waals surface area contributed by atoms with Crippen LogP contribution in [0, 0.1) is 0 Å². The van der Waals surface area contributed by atoms with Crippen LogP contribution in [-0.4, -0.2) is 52.7 Å². The summed E-state index contributed by atoms with van der Waals surface area (Å²) < 4.78 is 5.05. The molecule has 1 fully saturated rings. The molecule has 0 saturated carbocycles. The fraction of sp³-hybridized carbons (Fsp3) is 0.769. The smallest absolute Gasteiger partial charge is 0.408 e. The number of carbonyl (C=O) groups is 3. The molecule has 1 rings (SSSR count). The molecular weight excluding hydrogens is 264 g/mol. The molecule has 1 aliphatic heterocycles. The summed E-state index contributed by atoms with van der Waals surface area (Å²) >= 11 is 0. The second kappa shape index (κ2) is 6.58. The van der Waals surface area contributed by atoms with Gasteiger partial charge >= 0.3 is 12.1 Å². The van der Waals surface area contributed by atoms with E-state index < -0.39 is 30.1 Å². The molecule has 0 bridgehead atoms. The number of aliphatic carboxylic acids is 1. The number of ether oxygens (including phenoxy) is 1. The van der Waals surface area contributed by atoms with Crippen molar-refractivity contribution in [2.75, 3.05) is 13.1 Å². The first kappa shape index (κ1) is 16.3. The van der Waals surface area contributed by atoms with E-state index in [0.29, 0.717) is 13.1 Å². The van der Waals surface area contributed by atoms with Gasteiger partial charge in [0.1, 0.15) is 11.6 Å². The van der Waals surface area contributed by atoms with Gasteiger partial charge in [0.05, 0.1) is 6.42 Å². The number of carbonyl (C=O) groups excluding carboxylic acids is 2. The van der Waals surface area contributed by atoms with Gasteiger partial charge in [-0.1, -0.05) is 0 Å². The van der Waals surface area contributed by atoms with Gasteiger partial charge in [-0.2, -0.15) is 0 Å². The fourth-order valence-electron chi connectivity index (χ4n) is 1.98. The van der Waals surface area contributed by atoms with E-state index in [-0.39, 0.29) is 5.91 Å². The van der Waals surface area contributed by atoms with Crippen LogP contribution in [0.2, 0.25) is 0 Å². The normalized spacial score (nSPS) is 16.6. The number of nitrogens with zero attached hydrogens (tertiary/aromatic N) is 1. The Labute approximate surface area is 118 Å². The molecule has 0 aromatic rings. The number of likely N-dealkylation sites (tertiary alicyclic amines) is 1. The van der Waals surface area contributed by atoms with Crippen molar-refractivity contribution in [1.82, 2.24) is 10.2 Å². The fourth-order valence-corrected chi connectivity index (χ4v) is 1.98. The zero-order chi connectivity index (χ0) is 15.3. The molecule has 0 aliphatic carbocycles. The molecule has 7 nitrogen and oxygen atoms in total. The van der Waals surface area contributed by atoms with Crippen LogP contribution in [0.25, 0.3) is 0 Å². The van der Waals surface area contributed by atoms with Crippen LogP contribution < -0.4 is 5.32 Å². The van der Waals surface area contributed by atoms with E-state index in [9.17, 15) is 14.4 Å². The Balaban J connectivity index is 2.66. The Hall–Kier alpha value is -1.79. The average Bonchev–Trinajstić information content (AvgIpc) is 2.76. The molecule has 0 radical (unpaired) electrons. The molecule has 114 valence electrons. The summed E-state index contributed by atoms with van der Waals surface area (Å²) in [6.07, 6.45) is 0.570. The van der Waals surface area contributed by atoms with Crippen LogP contribution in [0.15, 0.2) is 0 Å². The second-order valence-corrected chi connectivity index (χ2v) is 5.83. The van der Waals surface area contributed by atoms with Gasteiger partial charge in [-0.3, -0.25) is 9.59 Å². The molecule has 1 heterocycles. The molecule has 20 heavy (non-hydrogen) atoms. The maximum atomic E-state index is 12.2. The Morgan fingerprint density at radius 3 is 2.25 bits per heavy atom. The van der Waals surface area contributed by atoms with Crippen LogP contribution >= 0.6 is 0 Å². The van der Waals surface area contributed by atoms with E-state index in [4.69, 9.17) is 9.84 Å². The van der Waals surface area contributed by atoms with Crippen molar-refractivity contribution in [2.45, 2.75) is 51.7 Å². The van der Waals surface area contributed by atoms with E-state index in [1.54, 1.807) is 25.7 Å². The monoisotopic (exact) mass is 286 g/mol.